The second-order valence-corrected chi connectivity index (χ2v) is 3.85. The maximum Gasteiger partial charge on any atom is 0.219 e. The molecule has 2 fully saturated rings. The van der Waals surface area contributed by atoms with Gasteiger partial charge in [-0.3, -0.25) is 4.79 Å². The van der Waals surface area contributed by atoms with Gasteiger partial charge in [0.15, 0.2) is 0 Å². The molecule has 0 bridgehead atoms. The molecule has 2 aliphatic rings. The lowest BCUT2D eigenvalue weighted by molar-refractivity contribution is -0.131. The zero-order valence-electron chi connectivity index (χ0n) is 7.62. The van der Waals surface area contributed by atoms with Gasteiger partial charge in [0.25, 0.3) is 0 Å². The van der Waals surface area contributed by atoms with Gasteiger partial charge >= 0.3 is 0 Å². The van der Waals surface area contributed by atoms with Gasteiger partial charge < -0.3 is 9.64 Å². The number of methoxy groups -OCH3 is 1. The number of carbonyl (C=O) groups excluding carboxylic acids is 1. The fourth-order valence-electron chi connectivity index (χ4n) is 2.32. The van der Waals surface area contributed by atoms with Crippen molar-refractivity contribution in [1.82, 2.24) is 4.90 Å². The highest BCUT2D eigenvalue weighted by Gasteiger charge is 2.53. The van der Waals surface area contributed by atoms with Crippen molar-refractivity contribution in [3.63, 3.8) is 0 Å². The Morgan fingerprint density at radius 2 is 2.42 bits per heavy atom. The van der Waals surface area contributed by atoms with Gasteiger partial charge in [-0.25, -0.2) is 0 Å². The summed E-state index contributed by atoms with van der Waals surface area (Å²) < 4.78 is 5.11. The number of amides is 1. The third-order valence-electron chi connectivity index (χ3n) is 3.04. The first-order valence-electron chi connectivity index (χ1n) is 4.50. The molecule has 0 unspecified atom stereocenters. The molecule has 2 rings (SSSR count). The first-order chi connectivity index (χ1) is 5.74. The minimum absolute atomic E-state index is 0.198. The summed E-state index contributed by atoms with van der Waals surface area (Å²) in [6, 6.07) is 0.373. The Morgan fingerprint density at radius 1 is 1.67 bits per heavy atom. The van der Waals surface area contributed by atoms with Gasteiger partial charge in [-0.15, -0.1) is 0 Å². The number of likely N-dealkylation sites (tertiary alicyclic amines) is 1. The molecule has 12 heavy (non-hydrogen) atoms. The maximum atomic E-state index is 11.2. The standard InChI is InChI=1S/C9H15NO2/c1-6(11)10-4-7-3-8(7)9(10)5-12-2/h7-9H,3-5H2,1-2H3/t7-,8-,9-/m1/s1. The summed E-state index contributed by atoms with van der Waals surface area (Å²) in [5, 5.41) is 0. The Hall–Kier alpha value is -0.570. The van der Waals surface area contributed by atoms with E-state index in [1.807, 2.05) is 4.90 Å². The van der Waals surface area contributed by atoms with Gasteiger partial charge in [0, 0.05) is 20.6 Å². The van der Waals surface area contributed by atoms with E-state index < -0.39 is 0 Å². The smallest absolute Gasteiger partial charge is 0.219 e. The molecule has 0 aromatic rings. The summed E-state index contributed by atoms with van der Waals surface area (Å²) in [5.41, 5.74) is 0. The molecule has 3 heteroatoms. The van der Waals surface area contributed by atoms with Crippen LogP contribution in [-0.4, -0.2) is 37.1 Å². The molecule has 1 saturated carbocycles. The topological polar surface area (TPSA) is 29.5 Å². The van der Waals surface area contributed by atoms with E-state index in [-0.39, 0.29) is 5.91 Å². The van der Waals surface area contributed by atoms with Crippen molar-refractivity contribution in [2.75, 3.05) is 20.3 Å². The normalized spacial score (nSPS) is 38.2. The Balaban J connectivity index is 2.01. The fraction of sp³-hybridized carbons (Fsp3) is 0.889. The van der Waals surface area contributed by atoms with Crippen LogP contribution in [0.25, 0.3) is 0 Å². The van der Waals surface area contributed by atoms with Crippen molar-refractivity contribution in [2.24, 2.45) is 11.8 Å². The van der Waals surface area contributed by atoms with Crippen LogP contribution in [0.3, 0.4) is 0 Å². The highest BCUT2D eigenvalue weighted by molar-refractivity contribution is 5.74. The van der Waals surface area contributed by atoms with Crippen LogP contribution >= 0.6 is 0 Å². The predicted molar refractivity (Wildman–Crippen MR) is 44.6 cm³/mol. The fourth-order valence-corrected chi connectivity index (χ4v) is 2.32. The minimum atomic E-state index is 0.198. The number of nitrogens with zero attached hydrogens (tertiary/aromatic N) is 1. The Bertz CT molecular complexity index is 205. The molecule has 1 aliphatic carbocycles. The molecular formula is C9H15NO2. The number of carbonyl (C=O) groups is 1. The van der Waals surface area contributed by atoms with Crippen molar-refractivity contribution in [1.29, 1.82) is 0 Å². The van der Waals surface area contributed by atoms with Crippen molar-refractivity contribution >= 4 is 5.91 Å². The van der Waals surface area contributed by atoms with Crippen LogP contribution in [-0.2, 0) is 9.53 Å². The van der Waals surface area contributed by atoms with E-state index in [0.717, 1.165) is 18.4 Å². The summed E-state index contributed by atoms with van der Waals surface area (Å²) in [5.74, 6) is 1.73. The molecule has 3 atom stereocenters. The lowest BCUT2D eigenvalue weighted by atomic mass is 10.2. The number of hydrogen-bond donors (Lipinski definition) is 0. The first-order valence-corrected chi connectivity index (χ1v) is 4.50. The lowest BCUT2D eigenvalue weighted by Gasteiger charge is -2.25. The van der Waals surface area contributed by atoms with Crippen molar-refractivity contribution in [3.05, 3.63) is 0 Å². The van der Waals surface area contributed by atoms with E-state index in [0.29, 0.717) is 12.6 Å². The molecule has 0 spiro atoms. The maximum absolute atomic E-state index is 11.2. The Labute approximate surface area is 72.7 Å². The predicted octanol–water partition coefficient (Wildman–Crippen LogP) is 0.500. The molecule has 1 amide bonds. The van der Waals surface area contributed by atoms with Crippen LogP contribution < -0.4 is 0 Å². The monoisotopic (exact) mass is 169 g/mol. The van der Waals surface area contributed by atoms with Gasteiger partial charge in [-0.2, -0.15) is 0 Å². The van der Waals surface area contributed by atoms with Crippen LogP contribution in [0, 0.1) is 11.8 Å². The summed E-state index contributed by atoms with van der Waals surface area (Å²) in [4.78, 5) is 13.1. The quantitative estimate of drug-likeness (QED) is 0.602. The molecule has 0 radical (unpaired) electrons. The van der Waals surface area contributed by atoms with E-state index in [2.05, 4.69) is 0 Å². The number of piperidine rings is 1. The largest absolute Gasteiger partial charge is 0.383 e. The summed E-state index contributed by atoms with van der Waals surface area (Å²) in [6.45, 7) is 3.32. The molecule has 1 saturated heterocycles. The minimum Gasteiger partial charge on any atom is -0.383 e. The lowest BCUT2D eigenvalue weighted by Crippen LogP contribution is -2.39. The molecule has 68 valence electrons. The van der Waals surface area contributed by atoms with Gasteiger partial charge in [0.1, 0.15) is 0 Å². The second kappa shape index (κ2) is 2.73. The number of hydrogen-bond acceptors (Lipinski definition) is 2. The molecule has 1 heterocycles. The van der Waals surface area contributed by atoms with Crippen LogP contribution in [0.1, 0.15) is 13.3 Å². The van der Waals surface area contributed by atoms with Crippen molar-refractivity contribution in [2.45, 2.75) is 19.4 Å². The Kier molecular flexibility index (Phi) is 1.83. The third kappa shape index (κ3) is 1.12. The third-order valence-corrected chi connectivity index (χ3v) is 3.04. The van der Waals surface area contributed by atoms with Gasteiger partial charge in [0.2, 0.25) is 5.91 Å². The van der Waals surface area contributed by atoms with Crippen molar-refractivity contribution < 1.29 is 9.53 Å². The van der Waals surface area contributed by atoms with Gasteiger partial charge in [-0.1, -0.05) is 0 Å². The second-order valence-electron chi connectivity index (χ2n) is 3.85. The number of ether oxygens (including phenoxy) is 1. The highest BCUT2D eigenvalue weighted by Crippen LogP contribution is 2.49. The van der Waals surface area contributed by atoms with Crippen LogP contribution in [0.15, 0.2) is 0 Å². The molecule has 1 aliphatic heterocycles. The van der Waals surface area contributed by atoms with E-state index in [1.54, 1.807) is 14.0 Å². The van der Waals surface area contributed by atoms with Crippen LogP contribution in [0.2, 0.25) is 0 Å². The van der Waals surface area contributed by atoms with Gasteiger partial charge in [0.05, 0.1) is 12.6 Å². The molecule has 3 nitrogen and oxygen atoms in total. The zero-order chi connectivity index (χ0) is 8.72. The van der Waals surface area contributed by atoms with Crippen molar-refractivity contribution in [3.8, 4) is 0 Å². The SMILES string of the molecule is COC[C@@H]1[C@@H]2C[C@@H]2CN1C(C)=O. The summed E-state index contributed by atoms with van der Waals surface area (Å²) in [6.07, 6.45) is 1.30. The molecule has 0 aromatic heterocycles. The summed E-state index contributed by atoms with van der Waals surface area (Å²) in [7, 11) is 1.70. The van der Waals surface area contributed by atoms with E-state index in [4.69, 9.17) is 4.74 Å². The molecule has 0 aromatic carbocycles. The average molecular weight is 169 g/mol. The van der Waals surface area contributed by atoms with E-state index >= 15 is 0 Å². The zero-order valence-corrected chi connectivity index (χ0v) is 7.62. The average Bonchev–Trinajstić information content (AvgIpc) is 2.69. The molecular weight excluding hydrogens is 154 g/mol. The van der Waals surface area contributed by atoms with E-state index in [1.165, 1.54) is 6.42 Å². The number of fused-ring (bicyclic) bond motifs is 1. The van der Waals surface area contributed by atoms with Crippen LogP contribution in [0.4, 0.5) is 0 Å². The number of rotatable bonds is 2. The van der Waals surface area contributed by atoms with Gasteiger partial charge in [-0.05, 0) is 18.3 Å². The van der Waals surface area contributed by atoms with Crippen LogP contribution in [0.5, 0.6) is 0 Å². The summed E-state index contributed by atoms with van der Waals surface area (Å²) >= 11 is 0. The Morgan fingerprint density at radius 3 is 3.00 bits per heavy atom. The highest BCUT2D eigenvalue weighted by atomic mass is 16.5. The molecule has 0 N–H and O–H groups in total. The first kappa shape index (κ1) is 8.05. The van der Waals surface area contributed by atoms with E-state index in [9.17, 15) is 4.79 Å².